The fraction of sp³-hybridized carbons (Fsp3) is 0.200. The normalized spacial score (nSPS) is 12.2. The average molecular weight is 348 g/mol. The van der Waals surface area contributed by atoms with Crippen LogP contribution in [0.5, 0.6) is 5.75 Å². The molecule has 1 unspecified atom stereocenters. The van der Waals surface area contributed by atoms with E-state index < -0.39 is 0 Å². The molecule has 1 nitrogen and oxygen atoms in total. The zero-order chi connectivity index (χ0) is 14.5. The molecule has 0 aliphatic rings. The van der Waals surface area contributed by atoms with Crippen LogP contribution in [0.25, 0.3) is 0 Å². The molecule has 5 heteroatoms. The van der Waals surface area contributed by atoms with Gasteiger partial charge in [0.05, 0.1) is 21.7 Å². The Kier molecular flexibility index (Phi) is 5.91. The number of halogens is 3. The summed E-state index contributed by atoms with van der Waals surface area (Å²) in [4.78, 5) is 0. The van der Waals surface area contributed by atoms with Crippen molar-refractivity contribution >= 4 is 47.4 Å². The Hall–Kier alpha value is -0.540. The molecule has 0 heterocycles. The Morgan fingerprint density at radius 3 is 2.25 bits per heavy atom. The summed E-state index contributed by atoms with van der Waals surface area (Å²) in [5.41, 5.74) is 1.18. The Bertz CT molecular complexity index is 575. The molecule has 20 heavy (non-hydrogen) atoms. The molecule has 1 atom stereocenters. The maximum Gasteiger partial charge on any atom is 0.139 e. The first kappa shape index (κ1) is 15.8. The van der Waals surface area contributed by atoms with E-state index in [1.165, 1.54) is 5.56 Å². The minimum absolute atomic E-state index is 0.185. The van der Waals surface area contributed by atoms with Crippen LogP contribution in [0.2, 0.25) is 15.1 Å². The number of thiol groups is 1. The Morgan fingerprint density at radius 2 is 1.60 bits per heavy atom. The standard InChI is InChI=1S/C15H13Cl3OS/c16-12-6-14(18)15(7-13(12)17)19-8-11(9-20)10-4-2-1-3-5-10/h1-7,11,20H,8-9H2. The van der Waals surface area contributed by atoms with Crippen molar-refractivity contribution in [3.8, 4) is 5.75 Å². The van der Waals surface area contributed by atoms with Gasteiger partial charge in [0.1, 0.15) is 5.75 Å². The second-order valence-electron chi connectivity index (χ2n) is 4.30. The van der Waals surface area contributed by atoms with E-state index in [4.69, 9.17) is 39.5 Å². The summed E-state index contributed by atoms with van der Waals surface area (Å²) in [6.07, 6.45) is 0. The van der Waals surface area contributed by atoms with E-state index >= 15 is 0 Å². The fourth-order valence-electron chi connectivity index (χ4n) is 1.78. The zero-order valence-corrected chi connectivity index (χ0v) is 13.7. The molecule has 0 radical (unpaired) electrons. The quantitative estimate of drug-likeness (QED) is 0.536. The highest BCUT2D eigenvalue weighted by molar-refractivity contribution is 7.80. The second kappa shape index (κ2) is 7.46. The first-order valence-corrected chi connectivity index (χ1v) is 7.81. The van der Waals surface area contributed by atoms with Gasteiger partial charge < -0.3 is 4.74 Å². The van der Waals surface area contributed by atoms with Crippen LogP contribution in [0.3, 0.4) is 0 Å². The van der Waals surface area contributed by atoms with E-state index in [0.29, 0.717) is 33.2 Å². The van der Waals surface area contributed by atoms with Gasteiger partial charge in [-0.3, -0.25) is 0 Å². The predicted molar refractivity (Wildman–Crippen MR) is 90.0 cm³/mol. The minimum atomic E-state index is 0.185. The highest BCUT2D eigenvalue weighted by Crippen LogP contribution is 2.34. The monoisotopic (exact) mass is 346 g/mol. The van der Waals surface area contributed by atoms with Gasteiger partial charge in [-0.2, -0.15) is 12.6 Å². The van der Waals surface area contributed by atoms with Gasteiger partial charge in [0, 0.05) is 17.7 Å². The van der Waals surface area contributed by atoms with E-state index in [0.717, 1.165) is 0 Å². The van der Waals surface area contributed by atoms with Crippen LogP contribution in [0.4, 0.5) is 0 Å². The van der Waals surface area contributed by atoms with Gasteiger partial charge in [0.2, 0.25) is 0 Å². The Labute approximate surface area is 139 Å². The van der Waals surface area contributed by atoms with Crippen LogP contribution in [-0.2, 0) is 0 Å². The molecular weight excluding hydrogens is 335 g/mol. The lowest BCUT2D eigenvalue weighted by Gasteiger charge is -2.17. The van der Waals surface area contributed by atoms with Crippen molar-refractivity contribution < 1.29 is 4.74 Å². The molecule has 0 amide bonds. The van der Waals surface area contributed by atoms with E-state index in [-0.39, 0.29) is 5.92 Å². The molecule has 0 aliphatic heterocycles. The lowest BCUT2D eigenvalue weighted by Crippen LogP contribution is -2.12. The van der Waals surface area contributed by atoms with Gasteiger partial charge in [-0.05, 0) is 11.6 Å². The van der Waals surface area contributed by atoms with E-state index in [2.05, 4.69) is 24.8 Å². The minimum Gasteiger partial charge on any atom is -0.491 e. The van der Waals surface area contributed by atoms with E-state index in [1.54, 1.807) is 12.1 Å². The van der Waals surface area contributed by atoms with Crippen LogP contribution in [0.1, 0.15) is 11.5 Å². The summed E-state index contributed by atoms with van der Waals surface area (Å²) < 4.78 is 5.76. The lowest BCUT2D eigenvalue weighted by atomic mass is 10.0. The summed E-state index contributed by atoms with van der Waals surface area (Å²) in [6.45, 7) is 0.477. The molecule has 2 rings (SSSR count). The largest absolute Gasteiger partial charge is 0.491 e. The highest BCUT2D eigenvalue weighted by atomic mass is 35.5. The van der Waals surface area contributed by atoms with Crippen LogP contribution in [0, 0.1) is 0 Å². The molecule has 0 bridgehead atoms. The van der Waals surface area contributed by atoms with Gasteiger partial charge in [-0.1, -0.05) is 65.1 Å². The van der Waals surface area contributed by atoms with Gasteiger partial charge >= 0.3 is 0 Å². The SMILES string of the molecule is SCC(COc1cc(Cl)c(Cl)cc1Cl)c1ccccc1. The zero-order valence-electron chi connectivity index (χ0n) is 10.5. The van der Waals surface area contributed by atoms with Crippen molar-refractivity contribution in [2.75, 3.05) is 12.4 Å². The molecular formula is C15H13Cl3OS. The summed E-state index contributed by atoms with van der Waals surface area (Å²) in [6, 6.07) is 13.3. The summed E-state index contributed by atoms with van der Waals surface area (Å²) >= 11 is 22.3. The predicted octanol–water partition coefficient (Wildman–Crippen LogP) is 5.74. The van der Waals surface area contributed by atoms with Crippen molar-refractivity contribution in [3.63, 3.8) is 0 Å². The Balaban J connectivity index is 2.09. The van der Waals surface area contributed by atoms with Crippen molar-refractivity contribution in [1.82, 2.24) is 0 Å². The van der Waals surface area contributed by atoms with Gasteiger partial charge in [0.25, 0.3) is 0 Å². The fourth-order valence-corrected chi connectivity index (χ4v) is 2.69. The number of ether oxygens (including phenoxy) is 1. The van der Waals surface area contributed by atoms with Crippen LogP contribution in [0.15, 0.2) is 42.5 Å². The molecule has 0 saturated carbocycles. The number of benzene rings is 2. The van der Waals surface area contributed by atoms with Crippen LogP contribution >= 0.6 is 47.4 Å². The van der Waals surface area contributed by atoms with Crippen molar-refractivity contribution in [2.45, 2.75) is 5.92 Å². The molecule has 0 spiro atoms. The number of hydrogen-bond acceptors (Lipinski definition) is 2. The molecule has 106 valence electrons. The average Bonchev–Trinajstić information content (AvgIpc) is 2.46. The molecule has 0 aliphatic carbocycles. The topological polar surface area (TPSA) is 9.23 Å². The number of rotatable bonds is 5. The first-order valence-electron chi connectivity index (χ1n) is 6.05. The van der Waals surface area contributed by atoms with E-state index in [9.17, 15) is 0 Å². The smallest absolute Gasteiger partial charge is 0.139 e. The van der Waals surface area contributed by atoms with Crippen LogP contribution in [-0.4, -0.2) is 12.4 Å². The number of hydrogen-bond donors (Lipinski definition) is 1. The molecule has 0 N–H and O–H groups in total. The van der Waals surface area contributed by atoms with Crippen molar-refractivity contribution in [3.05, 3.63) is 63.1 Å². The molecule has 2 aromatic rings. The molecule has 0 saturated heterocycles. The third-order valence-electron chi connectivity index (χ3n) is 2.91. The maximum atomic E-state index is 6.09. The highest BCUT2D eigenvalue weighted by Gasteiger charge is 2.13. The van der Waals surface area contributed by atoms with Gasteiger partial charge in [-0.15, -0.1) is 0 Å². The summed E-state index contributed by atoms with van der Waals surface area (Å²) in [7, 11) is 0. The summed E-state index contributed by atoms with van der Waals surface area (Å²) in [5.74, 6) is 1.40. The lowest BCUT2D eigenvalue weighted by molar-refractivity contribution is 0.298. The van der Waals surface area contributed by atoms with Crippen molar-refractivity contribution in [2.24, 2.45) is 0 Å². The third-order valence-corrected chi connectivity index (χ3v) is 4.36. The maximum absolute atomic E-state index is 6.09. The molecule has 0 fully saturated rings. The summed E-state index contributed by atoms with van der Waals surface area (Å²) in [5, 5.41) is 1.29. The molecule has 2 aromatic carbocycles. The van der Waals surface area contributed by atoms with Crippen LogP contribution < -0.4 is 4.74 Å². The van der Waals surface area contributed by atoms with Gasteiger partial charge in [-0.25, -0.2) is 0 Å². The van der Waals surface area contributed by atoms with E-state index in [1.807, 2.05) is 18.2 Å². The van der Waals surface area contributed by atoms with Gasteiger partial charge in [0.15, 0.2) is 0 Å². The first-order chi connectivity index (χ1) is 9.61. The second-order valence-corrected chi connectivity index (χ2v) is 5.88. The van der Waals surface area contributed by atoms with Crippen molar-refractivity contribution in [1.29, 1.82) is 0 Å². The third kappa shape index (κ3) is 3.98. The molecule has 0 aromatic heterocycles. The Morgan fingerprint density at radius 1 is 0.950 bits per heavy atom.